The summed E-state index contributed by atoms with van der Waals surface area (Å²) in [6.07, 6.45) is 0. The van der Waals surface area contributed by atoms with Crippen LogP contribution >= 0.6 is 39.1 Å². The second kappa shape index (κ2) is 7.92. The highest BCUT2D eigenvalue weighted by molar-refractivity contribution is 9.10. The van der Waals surface area contributed by atoms with Crippen LogP contribution in [0.15, 0.2) is 39.3 Å². The molecule has 0 aliphatic heterocycles. The summed E-state index contributed by atoms with van der Waals surface area (Å²) in [6, 6.07) is 8.80. The minimum Gasteiger partial charge on any atom is -0.494 e. The van der Waals surface area contributed by atoms with E-state index in [2.05, 4.69) is 26.4 Å². The molecule has 2 aromatic carbocycles. The Morgan fingerprint density at radius 2 is 1.85 bits per heavy atom. The van der Waals surface area contributed by atoms with E-state index in [9.17, 15) is 4.79 Å². The Kier molecular flexibility index (Phi) is 5.79. The van der Waals surface area contributed by atoms with Gasteiger partial charge in [-0.05, 0) is 49.7 Å². The maximum Gasteiger partial charge on any atom is 0.261 e. The van der Waals surface area contributed by atoms with E-state index in [4.69, 9.17) is 32.5 Å². The number of amides is 1. The molecule has 5 nitrogen and oxygen atoms in total. The fourth-order valence-electron chi connectivity index (χ4n) is 2.64. The van der Waals surface area contributed by atoms with E-state index in [1.54, 1.807) is 25.1 Å². The van der Waals surface area contributed by atoms with Gasteiger partial charge in [0, 0.05) is 15.7 Å². The molecule has 0 saturated heterocycles. The van der Waals surface area contributed by atoms with Gasteiger partial charge in [0.05, 0.1) is 17.2 Å². The van der Waals surface area contributed by atoms with Gasteiger partial charge in [-0.15, -0.1) is 0 Å². The quantitative estimate of drug-likeness (QED) is 0.487. The van der Waals surface area contributed by atoms with E-state index in [0.29, 0.717) is 44.1 Å². The van der Waals surface area contributed by atoms with E-state index < -0.39 is 0 Å². The van der Waals surface area contributed by atoms with Crippen LogP contribution in [-0.2, 0) is 0 Å². The maximum atomic E-state index is 12.9. The molecule has 3 rings (SSSR count). The second-order valence-corrected chi connectivity index (χ2v) is 7.52. The molecule has 0 bridgehead atoms. The van der Waals surface area contributed by atoms with Crippen molar-refractivity contribution in [3.05, 3.63) is 61.7 Å². The number of anilines is 1. The Hall–Kier alpha value is -2.02. The SMILES string of the molecule is COc1c(Cl)cc(-c2noc(C)c2C(=O)Nc2ccc(Br)c(C)c2)cc1Cl. The Balaban J connectivity index is 1.99. The van der Waals surface area contributed by atoms with Gasteiger partial charge in [0.2, 0.25) is 0 Å². The number of hydrogen-bond acceptors (Lipinski definition) is 4. The number of benzene rings is 2. The normalized spacial score (nSPS) is 10.7. The fraction of sp³-hybridized carbons (Fsp3) is 0.158. The van der Waals surface area contributed by atoms with Gasteiger partial charge in [-0.3, -0.25) is 4.79 Å². The van der Waals surface area contributed by atoms with Crippen molar-refractivity contribution in [2.45, 2.75) is 13.8 Å². The second-order valence-electron chi connectivity index (χ2n) is 5.85. The molecule has 0 saturated carbocycles. The van der Waals surface area contributed by atoms with Crippen molar-refractivity contribution in [2.75, 3.05) is 12.4 Å². The van der Waals surface area contributed by atoms with Crippen LogP contribution in [0.3, 0.4) is 0 Å². The first-order valence-corrected chi connectivity index (χ1v) is 9.44. The molecule has 140 valence electrons. The average Bonchev–Trinajstić information content (AvgIpc) is 2.99. The number of carbonyl (C=O) groups excluding carboxylic acids is 1. The summed E-state index contributed by atoms with van der Waals surface area (Å²) in [6.45, 7) is 3.61. The zero-order valence-corrected chi connectivity index (χ0v) is 17.8. The van der Waals surface area contributed by atoms with Crippen molar-refractivity contribution >= 4 is 50.7 Å². The highest BCUT2D eigenvalue weighted by Gasteiger charge is 2.23. The van der Waals surface area contributed by atoms with Crippen molar-refractivity contribution in [1.29, 1.82) is 0 Å². The third-order valence-corrected chi connectivity index (χ3v) is 5.43. The molecule has 0 fully saturated rings. The number of rotatable bonds is 4. The van der Waals surface area contributed by atoms with Crippen molar-refractivity contribution < 1.29 is 14.1 Å². The molecule has 8 heteroatoms. The average molecular weight is 470 g/mol. The summed E-state index contributed by atoms with van der Waals surface area (Å²) in [7, 11) is 1.48. The van der Waals surface area contributed by atoms with Gasteiger partial charge in [0.15, 0.2) is 5.75 Å². The zero-order valence-electron chi connectivity index (χ0n) is 14.7. The first-order valence-electron chi connectivity index (χ1n) is 7.89. The topological polar surface area (TPSA) is 64.4 Å². The highest BCUT2D eigenvalue weighted by atomic mass is 79.9. The molecule has 0 aliphatic rings. The minimum absolute atomic E-state index is 0.313. The lowest BCUT2D eigenvalue weighted by molar-refractivity contribution is 0.102. The van der Waals surface area contributed by atoms with E-state index in [1.165, 1.54) is 7.11 Å². The Labute approximate surface area is 174 Å². The van der Waals surface area contributed by atoms with Crippen LogP contribution in [0.2, 0.25) is 10.0 Å². The lowest BCUT2D eigenvalue weighted by Gasteiger charge is -2.10. The first kappa shape index (κ1) is 19.7. The Morgan fingerprint density at radius 1 is 1.19 bits per heavy atom. The molecular formula is C19H15BrCl2N2O3. The van der Waals surface area contributed by atoms with Crippen LogP contribution in [0, 0.1) is 13.8 Å². The molecule has 27 heavy (non-hydrogen) atoms. The standard InChI is InChI=1S/C19H15BrCl2N2O3/c1-9-6-12(4-5-13(9)20)23-19(25)16-10(2)27-24-17(16)11-7-14(21)18(26-3)15(22)8-11/h4-8H,1-3H3,(H,23,25). The van der Waals surface area contributed by atoms with Crippen LogP contribution in [-0.4, -0.2) is 18.2 Å². The fourth-order valence-corrected chi connectivity index (χ4v) is 3.53. The smallest absolute Gasteiger partial charge is 0.261 e. The number of nitrogens with zero attached hydrogens (tertiary/aromatic N) is 1. The molecule has 0 spiro atoms. The van der Waals surface area contributed by atoms with Crippen molar-refractivity contribution in [3.63, 3.8) is 0 Å². The molecule has 0 aliphatic carbocycles. The van der Waals surface area contributed by atoms with Crippen molar-refractivity contribution in [3.8, 4) is 17.0 Å². The lowest BCUT2D eigenvalue weighted by Crippen LogP contribution is -2.13. The predicted octanol–water partition coefficient (Wildman–Crippen LogP) is 6.29. The monoisotopic (exact) mass is 468 g/mol. The number of hydrogen-bond donors (Lipinski definition) is 1. The molecule has 1 N–H and O–H groups in total. The molecule has 1 aromatic heterocycles. The number of methoxy groups -OCH3 is 1. The summed E-state index contributed by atoms with van der Waals surface area (Å²) >= 11 is 15.9. The molecule has 3 aromatic rings. The van der Waals surface area contributed by atoms with Gasteiger partial charge < -0.3 is 14.6 Å². The molecule has 0 radical (unpaired) electrons. The van der Waals surface area contributed by atoms with Crippen molar-refractivity contribution in [2.24, 2.45) is 0 Å². The van der Waals surface area contributed by atoms with Crippen LogP contribution in [0.5, 0.6) is 5.75 Å². The lowest BCUT2D eigenvalue weighted by atomic mass is 10.1. The van der Waals surface area contributed by atoms with Crippen LogP contribution in [0.25, 0.3) is 11.3 Å². The van der Waals surface area contributed by atoms with Crippen LogP contribution < -0.4 is 10.1 Å². The summed E-state index contributed by atoms with van der Waals surface area (Å²) in [5.74, 6) is 0.409. The van der Waals surface area contributed by atoms with Gasteiger partial charge in [-0.25, -0.2) is 0 Å². The van der Waals surface area contributed by atoms with Gasteiger partial charge >= 0.3 is 0 Å². The first-order chi connectivity index (χ1) is 12.8. The van der Waals surface area contributed by atoms with Crippen LogP contribution in [0.1, 0.15) is 21.7 Å². The molecule has 0 unspecified atom stereocenters. The molecule has 1 amide bonds. The van der Waals surface area contributed by atoms with E-state index >= 15 is 0 Å². The minimum atomic E-state index is -0.339. The highest BCUT2D eigenvalue weighted by Crippen LogP contribution is 2.38. The number of aromatic nitrogens is 1. The Bertz CT molecular complexity index is 1010. The number of carbonyl (C=O) groups is 1. The van der Waals surface area contributed by atoms with Gasteiger partial charge in [0.1, 0.15) is 17.0 Å². The summed E-state index contributed by atoms with van der Waals surface area (Å²) in [5, 5.41) is 7.51. The van der Waals surface area contributed by atoms with E-state index in [-0.39, 0.29) is 5.91 Å². The molecular weight excluding hydrogens is 455 g/mol. The third-order valence-electron chi connectivity index (χ3n) is 3.98. The zero-order chi connectivity index (χ0) is 19.7. The number of halogens is 3. The number of nitrogens with one attached hydrogen (secondary N) is 1. The Morgan fingerprint density at radius 3 is 2.44 bits per heavy atom. The maximum absolute atomic E-state index is 12.9. The molecule has 1 heterocycles. The summed E-state index contributed by atoms with van der Waals surface area (Å²) in [5.41, 5.74) is 2.89. The van der Waals surface area contributed by atoms with Gasteiger partial charge in [-0.2, -0.15) is 0 Å². The molecule has 0 atom stereocenters. The van der Waals surface area contributed by atoms with Gasteiger partial charge in [0.25, 0.3) is 5.91 Å². The summed E-state index contributed by atoms with van der Waals surface area (Å²) < 4.78 is 11.4. The number of aryl methyl sites for hydroxylation is 2. The van der Waals surface area contributed by atoms with E-state index in [1.807, 2.05) is 19.1 Å². The largest absolute Gasteiger partial charge is 0.494 e. The van der Waals surface area contributed by atoms with Gasteiger partial charge in [-0.1, -0.05) is 44.3 Å². The predicted molar refractivity (Wildman–Crippen MR) is 110 cm³/mol. The third kappa shape index (κ3) is 3.98. The van der Waals surface area contributed by atoms with E-state index in [0.717, 1.165) is 10.0 Å². The number of ether oxygens (including phenoxy) is 1. The van der Waals surface area contributed by atoms with Crippen molar-refractivity contribution in [1.82, 2.24) is 5.16 Å². The van der Waals surface area contributed by atoms with Crippen LogP contribution in [0.4, 0.5) is 5.69 Å². The summed E-state index contributed by atoms with van der Waals surface area (Å²) in [4.78, 5) is 12.9.